The van der Waals surface area contributed by atoms with Crippen LogP contribution >= 0.6 is 0 Å². The van der Waals surface area contributed by atoms with Gasteiger partial charge in [-0.3, -0.25) is 9.78 Å². The fraction of sp³-hybridized carbons (Fsp3) is 0.0952. The number of rotatable bonds is 6. The third kappa shape index (κ3) is 4.30. The van der Waals surface area contributed by atoms with Crippen molar-refractivity contribution in [1.82, 2.24) is 24.7 Å². The molecule has 0 saturated heterocycles. The van der Waals surface area contributed by atoms with E-state index >= 15 is 0 Å². The summed E-state index contributed by atoms with van der Waals surface area (Å²) in [4.78, 5) is 25.0. The van der Waals surface area contributed by atoms with Crippen molar-refractivity contribution in [2.45, 2.75) is 13.5 Å². The van der Waals surface area contributed by atoms with E-state index in [1.807, 2.05) is 12.1 Å². The maximum absolute atomic E-state index is 13.2. The fourth-order valence-corrected chi connectivity index (χ4v) is 2.72. The van der Waals surface area contributed by atoms with Gasteiger partial charge in [0, 0.05) is 18.6 Å². The van der Waals surface area contributed by atoms with Crippen LogP contribution < -0.4 is 10.1 Å². The Morgan fingerprint density at radius 3 is 2.63 bits per heavy atom. The minimum Gasteiger partial charge on any atom is -0.485 e. The number of amides is 1. The molecule has 1 amide bonds. The highest BCUT2D eigenvalue weighted by atomic mass is 19.1. The predicted octanol–water partition coefficient (Wildman–Crippen LogP) is 3.34. The Balaban J connectivity index is 1.50. The van der Waals surface area contributed by atoms with Crippen LogP contribution in [0.4, 0.5) is 10.2 Å². The van der Waals surface area contributed by atoms with Crippen LogP contribution in [0.2, 0.25) is 0 Å². The highest BCUT2D eigenvalue weighted by molar-refractivity contribution is 6.01. The van der Waals surface area contributed by atoms with Gasteiger partial charge < -0.3 is 10.1 Å². The number of hydrogen-bond donors (Lipinski definition) is 1. The number of pyridine rings is 2. The molecule has 0 radical (unpaired) electrons. The molecule has 0 bridgehead atoms. The molecule has 8 nitrogen and oxygen atoms in total. The number of ether oxygens (including phenoxy) is 1. The molecule has 4 rings (SSSR count). The smallest absolute Gasteiger partial charge is 0.296 e. The summed E-state index contributed by atoms with van der Waals surface area (Å²) >= 11 is 0. The predicted molar refractivity (Wildman–Crippen MR) is 107 cm³/mol. The lowest BCUT2D eigenvalue weighted by molar-refractivity contribution is 0.101. The molecule has 3 aromatic heterocycles. The SMILES string of the molecule is Cc1nc(C(=O)Nc2ncccc2OCc2ccncc2)nn1-c1ccc(F)cc1. The fourth-order valence-electron chi connectivity index (χ4n) is 2.72. The second-order valence-electron chi connectivity index (χ2n) is 6.32. The molecular formula is C21H17FN6O2. The number of hydrogen-bond acceptors (Lipinski definition) is 6. The number of anilines is 1. The molecule has 150 valence electrons. The van der Waals surface area contributed by atoms with Gasteiger partial charge in [-0.1, -0.05) is 0 Å². The zero-order valence-corrected chi connectivity index (χ0v) is 16.0. The lowest BCUT2D eigenvalue weighted by Crippen LogP contribution is -2.16. The summed E-state index contributed by atoms with van der Waals surface area (Å²) in [6.45, 7) is 2.00. The van der Waals surface area contributed by atoms with Gasteiger partial charge in [0.05, 0.1) is 5.69 Å². The van der Waals surface area contributed by atoms with Gasteiger partial charge in [-0.2, -0.15) is 0 Å². The molecule has 0 saturated carbocycles. The van der Waals surface area contributed by atoms with Gasteiger partial charge in [0.2, 0.25) is 5.82 Å². The Morgan fingerprint density at radius 1 is 1.10 bits per heavy atom. The van der Waals surface area contributed by atoms with Crippen LogP contribution in [0.5, 0.6) is 5.75 Å². The molecule has 0 aliphatic carbocycles. The minimum atomic E-state index is -0.536. The maximum atomic E-state index is 13.2. The first-order valence-corrected chi connectivity index (χ1v) is 9.08. The largest absolute Gasteiger partial charge is 0.485 e. The molecule has 0 fully saturated rings. The normalized spacial score (nSPS) is 10.6. The van der Waals surface area contributed by atoms with Crippen molar-refractivity contribution in [3.63, 3.8) is 0 Å². The van der Waals surface area contributed by atoms with Crippen molar-refractivity contribution >= 4 is 11.7 Å². The average Bonchev–Trinajstić information content (AvgIpc) is 3.16. The topological polar surface area (TPSA) is 94.8 Å². The lowest BCUT2D eigenvalue weighted by Gasteiger charge is -2.10. The summed E-state index contributed by atoms with van der Waals surface area (Å²) in [6, 6.07) is 12.8. The van der Waals surface area contributed by atoms with E-state index in [0.29, 0.717) is 23.9 Å². The molecule has 4 aromatic rings. The van der Waals surface area contributed by atoms with Crippen molar-refractivity contribution in [3.8, 4) is 11.4 Å². The van der Waals surface area contributed by atoms with Crippen molar-refractivity contribution in [2.75, 3.05) is 5.32 Å². The highest BCUT2D eigenvalue weighted by Crippen LogP contribution is 2.22. The zero-order chi connectivity index (χ0) is 20.9. The van der Waals surface area contributed by atoms with Gasteiger partial charge in [-0.25, -0.2) is 19.0 Å². The number of carbonyl (C=O) groups is 1. The van der Waals surface area contributed by atoms with E-state index in [9.17, 15) is 9.18 Å². The third-order valence-corrected chi connectivity index (χ3v) is 4.19. The average molecular weight is 404 g/mol. The molecule has 0 unspecified atom stereocenters. The van der Waals surface area contributed by atoms with E-state index in [2.05, 4.69) is 25.4 Å². The summed E-state index contributed by atoms with van der Waals surface area (Å²) in [5.41, 5.74) is 1.53. The summed E-state index contributed by atoms with van der Waals surface area (Å²) in [7, 11) is 0. The van der Waals surface area contributed by atoms with E-state index in [4.69, 9.17) is 4.74 Å². The number of halogens is 1. The summed E-state index contributed by atoms with van der Waals surface area (Å²) in [6.07, 6.45) is 4.90. The van der Waals surface area contributed by atoms with Gasteiger partial charge >= 0.3 is 0 Å². The summed E-state index contributed by atoms with van der Waals surface area (Å²) in [5, 5.41) is 6.90. The van der Waals surface area contributed by atoms with Crippen LogP contribution in [0.25, 0.3) is 5.69 Å². The van der Waals surface area contributed by atoms with Crippen molar-refractivity contribution in [3.05, 3.63) is 90.2 Å². The number of benzene rings is 1. The Labute approximate surface area is 171 Å². The van der Waals surface area contributed by atoms with Crippen molar-refractivity contribution in [1.29, 1.82) is 0 Å². The molecule has 0 spiro atoms. The van der Waals surface area contributed by atoms with Gasteiger partial charge in [0.1, 0.15) is 18.2 Å². The van der Waals surface area contributed by atoms with Crippen molar-refractivity contribution in [2.24, 2.45) is 0 Å². The number of nitrogens with one attached hydrogen (secondary N) is 1. The van der Waals surface area contributed by atoms with Crippen LogP contribution in [0.1, 0.15) is 22.0 Å². The van der Waals surface area contributed by atoms with Crippen LogP contribution in [-0.2, 0) is 6.61 Å². The summed E-state index contributed by atoms with van der Waals surface area (Å²) < 4.78 is 20.4. The molecule has 3 heterocycles. The molecule has 0 aliphatic heterocycles. The number of aromatic nitrogens is 5. The van der Waals surface area contributed by atoms with Crippen LogP contribution in [-0.4, -0.2) is 30.6 Å². The lowest BCUT2D eigenvalue weighted by atomic mass is 10.3. The number of nitrogens with zero attached hydrogens (tertiary/aromatic N) is 5. The highest BCUT2D eigenvalue weighted by Gasteiger charge is 2.18. The molecule has 30 heavy (non-hydrogen) atoms. The first-order chi connectivity index (χ1) is 14.6. The van der Waals surface area contributed by atoms with Crippen LogP contribution in [0.15, 0.2) is 67.1 Å². The second kappa shape index (κ2) is 8.48. The molecular weight excluding hydrogens is 387 g/mol. The van der Waals surface area contributed by atoms with Crippen LogP contribution in [0, 0.1) is 12.7 Å². The quantitative estimate of drug-likeness (QED) is 0.530. The standard InChI is InChI=1S/C21H17FN6O2/c1-14-25-20(27-28(14)17-6-4-16(22)5-7-17)21(29)26-19-18(3-2-10-24-19)30-13-15-8-11-23-12-9-15/h2-12H,13H2,1H3,(H,24,26,29). The Hall–Kier alpha value is -4.14. The Morgan fingerprint density at radius 2 is 1.87 bits per heavy atom. The van der Waals surface area contributed by atoms with Gasteiger partial charge in [-0.05, 0) is 61.0 Å². The number of aryl methyl sites for hydroxylation is 1. The first-order valence-electron chi connectivity index (χ1n) is 9.08. The second-order valence-corrected chi connectivity index (χ2v) is 6.32. The third-order valence-electron chi connectivity index (χ3n) is 4.19. The van der Waals surface area contributed by atoms with Gasteiger partial charge in [0.15, 0.2) is 11.6 Å². The van der Waals surface area contributed by atoms with Gasteiger partial charge in [-0.15, -0.1) is 5.10 Å². The van der Waals surface area contributed by atoms with Gasteiger partial charge in [0.25, 0.3) is 5.91 Å². The molecule has 0 atom stereocenters. The maximum Gasteiger partial charge on any atom is 0.296 e. The molecule has 1 N–H and O–H groups in total. The summed E-state index contributed by atoms with van der Waals surface area (Å²) in [5.74, 6) is 0.226. The first kappa shape index (κ1) is 19.2. The van der Waals surface area contributed by atoms with E-state index in [1.54, 1.807) is 49.8 Å². The molecule has 1 aromatic carbocycles. The Bertz CT molecular complexity index is 1160. The van der Waals surface area contributed by atoms with Crippen molar-refractivity contribution < 1.29 is 13.9 Å². The number of carbonyl (C=O) groups excluding carboxylic acids is 1. The van der Waals surface area contributed by atoms with E-state index in [1.165, 1.54) is 16.8 Å². The zero-order valence-electron chi connectivity index (χ0n) is 16.0. The Kier molecular flexibility index (Phi) is 5.42. The van der Waals surface area contributed by atoms with E-state index in [-0.39, 0.29) is 17.5 Å². The minimum absolute atomic E-state index is 0.0393. The monoisotopic (exact) mass is 404 g/mol. The van der Waals surface area contributed by atoms with Crippen LogP contribution in [0.3, 0.4) is 0 Å². The van der Waals surface area contributed by atoms with E-state index in [0.717, 1.165) is 5.56 Å². The van der Waals surface area contributed by atoms with E-state index < -0.39 is 5.91 Å². The molecule has 9 heteroatoms. The molecule has 0 aliphatic rings.